The molecular weight excluding hydrogens is 408 g/mol. The van der Waals surface area contributed by atoms with Crippen LogP contribution in [-0.4, -0.2) is 20.9 Å². The first-order chi connectivity index (χ1) is 14.8. The molecule has 0 bridgehead atoms. The number of nitrogens with zero attached hydrogens (tertiary/aromatic N) is 1. The van der Waals surface area contributed by atoms with E-state index in [0.29, 0.717) is 5.69 Å². The van der Waals surface area contributed by atoms with Gasteiger partial charge < -0.3 is 5.32 Å². The molecule has 0 aliphatic carbocycles. The van der Waals surface area contributed by atoms with Crippen LogP contribution in [0, 0.1) is 6.92 Å². The fraction of sp³-hybridized carbons (Fsp3) is 0.240. The highest BCUT2D eigenvalue weighted by Gasteiger charge is 2.28. The molecule has 0 aliphatic rings. The molecule has 1 atom stereocenters. The van der Waals surface area contributed by atoms with E-state index < -0.39 is 10.0 Å². The molecule has 0 radical (unpaired) electrons. The minimum absolute atomic E-state index is 0.147. The molecule has 1 N–H and O–H groups in total. The van der Waals surface area contributed by atoms with Crippen LogP contribution in [0.25, 0.3) is 0 Å². The Morgan fingerprint density at radius 1 is 0.935 bits per heavy atom. The molecule has 6 heteroatoms. The molecule has 1 amide bonds. The summed E-state index contributed by atoms with van der Waals surface area (Å²) >= 11 is 0. The number of hydrogen-bond acceptors (Lipinski definition) is 3. The predicted octanol–water partition coefficient (Wildman–Crippen LogP) is 4.63. The lowest BCUT2D eigenvalue weighted by atomic mass is 10.1. The van der Waals surface area contributed by atoms with Crippen molar-refractivity contribution in [2.75, 3.05) is 10.8 Å². The van der Waals surface area contributed by atoms with Gasteiger partial charge in [-0.05, 0) is 55.2 Å². The van der Waals surface area contributed by atoms with Crippen LogP contribution in [0.3, 0.4) is 0 Å². The van der Waals surface area contributed by atoms with E-state index in [0.717, 1.165) is 17.5 Å². The summed E-state index contributed by atoms with van der Waals surface area (Å²) < 4.78 is 28.0. The maximum absolute atomic E-state index is 13.4. The van der Waals surface area contributed by atoms with Crippen LogP contribution < -0.4 is 9.62 Å². The minimum Gasteiger partial charge on any atom is -0.348 e. The number of hydrogen-bond donors (Lipinski definition) is 1. The number of carbonyl (C=O) groups excluding carboxylic acids is 1. The predicted molar refractivity (Wildman–Crippen MR) is 125 cm³/mol. The average molecular weight is 437 g/mol. The Morgan fingerprint density at radius 3 is 2.16 bits per heavy atom. The van der Waals surface area contributed by atoms with Crippen molar-refractivity contribution in [3.05, 3.63) is 95.6 Å². The molecule has 0 saturated carbocycles. The lowest BCUT2D eigenvalue weighted by Gasteiger charge is -2.26. The van der Waals surface area contributed by atoms with Gasteiger partial charge >= 0.3 is 0 Å². The number of anilines is 1. The van der Waals surface area contributed by atoms with Gasteiger partial charge in [0.1, 0.15) is 6.54 Å². The fourth-order valence-electron chi connectivity index (χ4n) is 3.41. The van der Waals surface area contributed by atoms with Crippen molar-refractivity contribution in [2.24, 2.45) is 0 Å². The normalized spacial score (nSPS) is 12.2. The van der Waals surface area contributed by atoms with Crippen LogP contribution in [0.4, 0.5) is 5.69 Å². The molecule has 162 valence electrons. The van der Waals surface area contributed by atoms with Crippen LogP contribution in [0.15, 0.2) is 83.8 Å². The van der Waals surface area contributed by atoms with Crippen LogP contribution in [0.1, 0.15) is 36.6 Å². The maximum atomic E-state index is 13.4. The summed E-state index contributed by atoms with van der Waals surface area (Å²) in [6, 6.07) is 23.2. The number of benzene rings is 3. The Morgan fingerprint density at radius 2 is 1.55 bits per heavy atom. The lowest BCUT2D eigenvalue weighted by molar-refractivity contribution is -0.120. The summed E-state index contributed by atoms with van der Waals surface area (Å²) in [4.78, 5) is 13.1. The van der Waals surface area contributed by atoms with E-state index in [1.165, 1.54) is 22.0 Å². The zero-order valence-electron chi connectivity index (χ0n) is 18.1. The molecule has 3 aromatic carbocycles. The second kappa shape index (κ2) is 9.79. The monoisotopic (exact) mass is 436 g/mol. The summed E-state index contributed by atoms with van der Waals surface area (Å²) in [6.07, 6.45) is 0.948. The first-order valence-electron chi connectivity index (χ1n) is 10.3. The van der Waals surface area contributed by atoms with Crippen molar-refractivity contribution in [2.45, 2.75) is 38.1 Å². The fourth-order valence-corrected chi connectivity index (χ4v) is 4.91. The van der Waals surface area contributed by atoms with E-state index in [9.17, 15) is 13.2 Å². The third-order valence-electron chi connectivity index (χ3n) is 5.27. The number of sulfonamides is 1. The minimum atomic E-state index is -3.91. The first kappa shape index (κ1) is 22.6. The van der Waals surface area contributed by atoms with Gasteiger partial charge in [-0.25, -0.2) is 8.42 Å². The second-order valence-corrected chi connectivity index (χ2v) is 9.36. The second-order valence-electron chi connectivity index (χ2n) is 7.50. The molecule has 0 fully saturated rings. The molecule has 0 unspecified atom stereocenters. The van der Waals surface area contributed by atoms with E-state index in [4.69, 9.17) is 0 Å². The topological polar surface area (TPSA) is 66.5 Å². The van der Waals surface area contributed by atoms with Crippen molar-refractivity contribution < 1.29 is 13.2 Å². The summed E-state index contributed by atoms with van der Waals surface area (Å²) in [5.41, 5.74) is 3.46. The number of nitrogens with one attached hydrogen (secondary N) is 1. The SMILES string of the molecule is CCc1ccc([C@@H](C)NC(=O)CN(c2ccccc2C)S(=O)(=O)c2ccccc2)cc1. The summed E-state index contributed by atoms with van der Waals surface area (Å²) in [5.74, 6) is -0.366. The number of rotatable bonds is 8. The summed E-state index contributed by atoms with van der Waals surface area (Å²) in [7, 11) is -3.91. The third kappa shape index (κ3) is 5.33. The van der Waals surface area contributed by atoms with E-state index in [1.54, 1.807) is 30.3 Å². The Hall–Kier alpha value is -3.12. The van der Waals surface area contributed by atoms with Crippen molar-refractivity contribution in [3.8, 4) is 0 Å². The summed E-state index contributed by atoms with van der Waals surface area (Å²) in [6.45, 7) is 5.51. The summed E-state index contributed by atoms with van der Waals surface area (Å²) in [5, 5.41) is 2.93. The van der Waals surface area contributed by atoms with Crippen LogP contribution in [0.5, 0.6) is 0 Å². The number of aryl methyl sites for hydroxylation is 2. The van der Waals surface area contributed by atoms with Crippen molar-refractivity contribution in [3.63, 3.8) is 0 Å². The van der Waals surface area contributed by atoms with Gasteiger partial charge in [0.15, 0.2) is 0 Å². The van der Waals surface area contributed by atoms with Gasteiger partial charge in [-0.15, -0.1) is 0 Å². The van der Waals surface area contributed by atoms with Gasteiger partial charge in [0.2, 0.25) is 5.91 Å². The van der Waals surface area contributed by atoms with Gasteiger partial charge in [-0.3, -0.25) is 9.10 Å². The molecular formula is C25H28N2O3S. The smallest absolute Gasteiger partial charge is 0.264 e. The number of carbonyl (C=O) groups is 1. The number of para-hydroxylation sites is 1. The van der Waals surface area contributed by atoms with Gasteiger partial charge in [-0.1, -0.05) is 67.6 Å². The Balaban J connectivity index is 1.86. The van der Waals surface area contributed by atoms with Crippen molar-refractivity contribution in [1.82, 2.24) is 5.32 Å². The van der Waals surface area contributed by atoms with Gasteiger partial charge in [0.05, 0.1) is 16.6 Å². The van der Waals surface area contributed by atoms with Crippen LogP contribution in [-0.2, 0) is 21.2 Å². The molecule has 0 aromatic heterocycles. The van der Waals surface area contributed by atoms with Gasteiger partial charge in [0, 0.05) is 0 Å². The lowest BCUT2D eigenvalue weighted by Crippen LogP contribution is -2.41. The molecule has 0 heterocycles. The average Bonchev–Trinajstić information content (AvgIpc) is 2.78. The van der Waals surface area contributed by atoms with Crippen molar-refractivity contribution >= 4 is 21.6 Å². The Labute approximate surface area is 184 Å². The quantitative estimate of drug-likeness (QED) is 0.560. The van der Waals surface area contributed by atoms with Gasteiger partial charge in [0.25, 0.3) is 10.0 Å². The molecule has 3 aromatic rings. The third-order valence-corrected chi connectivity index (χ3v) is 7.04. The Kier molecular flexibility index (Phi) is 7.13. The van der Waals surface area contributed by atoms with Crippen molar-refractivity contribution in [1.29, 1.82) is 0 Å². The van der Waals surface area contributed by atoms with E-state index >= 15 is 0 Å². The molecule has 0 spiro atoms. The van der Waals surface area contributed by atoms with E-state index in [2.05, 4.69) is 12.2 Å². The molecule has 0 saturated heterocycles. The number of amides is 1. The zero-order valence-corrected chi connectivity index (χ0v) is 18.9. The van der Waals surface area contributed by atoms with Gasteiger partial charge in [-0.2, -0.15) is 0 Å². The zero-order chi connectivity index (χ0) is 22.4. The maximum Gasteiger partial charge on any atom is 0.264 e. The van der Waals surface area contributed by atoms with Crippen LogP contribution >= 0.6 is 0 Å². The molecule has 5 nitrogen and oxygen atoms in total. The molecule has 31 heavy (non-hydrogen) atoms. The standard InChI is InChI=1S/C25H28N2O3S/c1-4-21-14-16-22(17-15-21)20(3)26-25(28)18-27(24-13-9-8-10-19(24)2)31(29,30)23-11-6-5-7-12-23/h5-17,20H,4,18H2,1-3H3,(H,26,28)/t20-/m1/s1. The largest absolute Gasteiger partial charge is 0.348 e. The molecule has 0 aliphatic heterocycles. The molecule has 3 rings (SSSR count). The van der Waals surface area contributed by atoms with E-state index in [1.807, 2.05) is 50.2 Å². The highest BCUT2D eigenvalue weighted by atomic mass is 32.2. The highest BCUT2D eigenvalue weighted by Crippen LogP contribution is 2.26. The first-order valence-corrected chi connectivity index (χ1v) is 11.8. The van der Waals surface area contributed by atoms with Crippen LogP contribution in [0.2, 0.25) is 0 Å². The Bertz CT molecular complexity index is 1130. The van der Waals surface area contributed by atoms with E-state index in [-0.39, 0.29) is 23.4 Å². The highest BCUT2D eigenvalue weighted by molar-refractivity contribution is 7.92.